The molecular weight excluding hydrogens is 312 g/mol. The molecule has 0 atom stereocenters. The SMILES string of the molecule is C=CCNC(=NCc1ccc([N+](=O)[O-])cc1)NCc1cccs1. The molecule has 1 aromatic carbocycles. The molecule has 0 unspecified atom stereocenters. The van der Waals surface area contributed by atoms with Crippen molar-refractivity contribution in [2.45, 2.75) is 13.1 Å². The minimum absolute atomic E-state index is 0.0820. The van der Waals surface area contributed by atoms with Crippen LogP contribution in [0.4, 0.5) is 5.69 Å². The maximum atomic E-state index is 10.6. The topological polar surface area (TPSA) is 79.6 Å². The summed E-state index contributed by atoms with van der Waals surface area (Å²) >= 11 is 1.68. The lowest BCUT2D eigenvalue weighted by molar-refractivity contribution is -0.384. The maximum absolute atomic E-state index is 10.6. The third-order valence-corrected chi connectivity index (χ3v) is 3.87. The Kier molecular flexibility index (Phi) is 6.31. The highest BCUT2D eigenvalue weighted by molar-refractivity contribution is 7.09. The summed E-state index contributed by atoms with van der Waals surface area (Å²) in [7, 11) is 0. The first-order chi connectivity index (χ1) is 11.2. The molecule has 0 aliphatic carbocycles. The van der Waals surface area contributed by atoms with E-state index in [0.717, 1.165) is 5.56 Å². The largest absolute Gasteiger partial charge is 0.353 e. The highest BCUT2D eigenvalue weighted by Gasteiger charge is 2.04. The number of nitrogens with one attached hydrogen (secondary N) is 2. The van der Waals surface area contributed by atoms with E-state index in [9.17, 15) is 10.1 Å². The van der Waals surface area contributed by atoms with Gasteiger partial charge in [-0.1, -0.05) is 24.3 Å². The number of hydrogen-bond acceptors (Lipinski definition) is 4. The van der Waals surface area contributed by atoms with Gasteiger partial charge in [0.15, 0.2) is 5.96 Å². The average molecular weight is 330 g/mol. The van der Waals surface area contributed by atoms with E-state index < -0.39 is 4.92 Å². The maximum Gasteiger partial charge on any atom is 0.269 e. The van der Waals surface area contributed by atoms with Gasteiger partial charge in [-0.2, -0.15) is 0 Å². The van der Waals surface area contributed by atoms with Crippen LogP contribution in [-0.2, 0) is 13.1 Å². The quantitative estimate of drug-likeness (QED) is 0.269. The standard InChI is InChI=1S/C16H18N4O2S/c1-2-9-17-16(19-12-15-4-3-10-23-15)18-11-13-5-7-14(8-6-13)20(21)22/h2-8,10H,1,9,11-12H2,(H2,17,18,19). The molecule has 0 aliphatic heterocycles. The van der Waals surface area contributed by atoms with Gasteiger partial charge in [0.1, 0.15) is 0 Å². The van der Waals surface area contributed by atoms with Crippen molar-refractivity contribution in [2.75, 3.05) is 6.54 Å². The molecule has 0 amide bonds. The third-order valence-electron chi connectivity index (χ3n) is 2.99. The van der Waals surface area contributed by atoms with E-state index in [1.54, 1.807) is 29.5 Å². The summed E-state index contributed by atoms with van der Waals surface area (Å²) in [6.45, 7) is 5.42. The van der Waals surface area contributed by atoms with Crippen LogP contribution in [0.25, 0.3) is 0 Å². The smallest absolute Gasteiger partial charge is 0.269 e. The number of thiophene rings is 1. The van der Waals surface area contributed by atoms with E-state index in [2.05, 4.69) is 28.3 Å². The van der Waals surface area contributed by atoms with Crippen molar-refractivity contribution in [1.29, 1.82) is 0 Å². The minimum atomic E-state index is -0.410. The van der Waals surface area contributed by atoms with Crippen LogP contribution in [0.1, 0.15) is 10.4 Å². The monoisotopic (exact) mass is 330 g/mol. The zero-order valence-electron chi connectivity index (χ0n) is 12.6. The van der Waals surface area contributed by atoms with Gasteiger partial charge in [-0.05, 0) is 17.0 Å². The second kappa shape index (κ2) is 8.70. The number of nitro groups is 1. The van der Waals surface area contributed by atoms with E-state index in [4.69, 9.17) is 0 Å². The lowest BCUT2D eigenvalue weighted by Gasteiger charge is -2.10. The van der Waals surface area contributed by atoms with Crippen LogP contribution in [0.3, 0.4) is 0 Å². The molecule has 0 saturated heterocycles. The van der Waals surface area contributed by atoms with E-state index in [0.29, 0.717) is 25.6 Å². The third kappa shape index (κ3) is 5.55. The molecule has 120 valence electrons. The van der Waals surface area contributed by atoms with Crippen LogP contribution in [-0.4, -0.2) is 17.4 Å². The van der Waals surface area contributed by atoms with Gasteiger partial charge in [0.2, 0.25) is 0 Å². The van der Waals surface area contributed by atoms with Crippen LogP contribution in [0.2, 0.25) is 0 Å². The lowest BCUT2D eigenvalue weighted by atomic mass is 10.2. The summed E-state index contributed by atoms with van der Waals surface area (Å²) < 4.78 is 0. The Balaban J connectivity index is 1.97. The van der Waals surface area contributed by atoms with Crippen molar-refractivity contribution in [2.24, 2.45) is 4.99 Å². The van der Waals surface area contributed by atoms with Gasteiger partial charge < -0.3 is 10.6 Å². The number of hydrogen-bond donors (Lipinski definition) is 2. The summed E-state index contributed by atoms with van der Waals surface area (Å²) in [5.41, 5.74) is 0.991. The van der Waals surface area contributed by atoms with E-state index in [1.165, 1.54) is 17.0 Å². The number of nitro benzene ring substituents is 1. The zero-order valence-corrected chi connectivity index (χ0v) is 13.4. The fourth-order valence-corrected chi connectivity index (χ4v) is 2.47. The van der Waals surface area contributed by atoms with Gasteiger partial charge in [-0.15, -0.1) is 17.9 Å². The first-order valence-corrected chi connectivity index (χ1v) is 7.96. The first-order valence-electron chi connectivity index (χ1n) is 7.08. The molecular formula is C16H18N4O2S. The summed E-state index contributed by atoms with van der Waals surface area (Å²) in [5.74, 6) is 0.677. The number of benzene rings is 1. The van der Waals surface area contributed by atoms with E-state index in [-0.39, 0.29) is 5.69 Å². The normalized spacial score (nSPS) is 11.0. The van der Waals surface area contributed by atoms with Crippen LogP contribution >= 0.6 is 11.3 Å². The molecule has 0 fully saturated rings. The summed E-state index contributed by atoms with van der Waals surface area (Å²) in [6, 6.07) is 10.5. The number of nitrogens with zero attached hydrogens (tertiary/aromatic N) is 2. The van der Waals surface area contributed by atoms with Crippen LogP contribution in [0.15, 0.2) is 59.4 Å². The van der Waals surface area contributed by atoms with Crippen molar-refractivity contribution in [3.8, 4) is 0 Å². The Morgan fingerprint density at radius 2 is 2.09 bits per heavy atom. The van der Waals surface area contributed by atoms with Crippen molar-refractivity contribution in [1.82, 2.24) is 10.6 Å². The van der Waals surface area contributed by atoms with Gasteiger partial charge in [0.05, 0.1) is 18.0 Å². The van der Waals surface area contributed by atoms with Gasteiger partial charge in [0.25, 0.3) is 5.69 Å². The molecule has 7 heteroatoms. The predicted molar refractivity (Wildman–Crippen MR) is 93.6 cm³/mol. The molecule has 23 heavy (non-hydrogen) atoms. The molecule has 6 nitrogen and oxygen atoms in total. The number of non-ortho nitro benzene ring substituents is 1. The van der Waals surface area contributed by atoms with Gasteiger partial charge >= 0.3 is 0 Å². The molecule has 0 aliphatic rings. The molecule has 2 rings (SSSR count). The lowest BCUT2D eigenvalue weighted by Crippen LogP contribution is -2.36. The molecule has 2 aromatic rings. The Morgan fingerprint density at radius 1 is 1.30 bits per heavy atom. The van der Waals surface area contributed by atoms with Gasteiger partial charge in [0, 0.05) is 23.6 Å². The molecule has 2 N–H and O–H groups in total. The zero-order chi connectivity index (χ0) is 16.5. The van der Waals surface area contributed by atoms with Gasteiger partial charge in [-0.25, -0.2) is 4.99 Å². The van der Waals surface area contributed by atoms with Crippen molar-refractivity contribution in [3.05, 3.63) is 75.0 Å². The second-order valence-corrected chi connectivity index (χ2v) is 5.72. The van der Waals surface area contributed by atoms with Crippen molar-refractivity contribution < 1.29 is 4.92 Å². The Labute approximate surface area is 138 Å². The highest BCUT2D eigenvalue weighted by Crippen LogP contribution is 2.12. The summed E-state index contributed by atoms with van der Waals surface area (Å²) in [4.78, 5) is 15.9. The minimum Gasteiger partial charge on any atom is -0.353 e. The second-order valence-electron chi connectivity index (χ2n) is 4.69. The van der Waals surface area contributed by atoms with Crippen LogP contribution < -0.4 is 10.6 Å². The highest BCUT2D eigenvalue weighted by atomic mass is 32.1. The molecule has 0 saturated carbocycles. The summed E-state index contributed by atoms with van der Waals surface area (Å²) in [5, 5.41) is 19.1. The molecule has 1 heterocycles. The number of aliphatic imine (C=N–C) groups is 1. The average Bonchev–Trinajstić information content (AvgIpc) is 3.08. The predicted octanol–water partition coefficient (Wildman–Crippen LogP) is 3.08. The van der Waals surface area contributed by atoms with Crippen LogP contribution in [0, 0.1) is 10.1 Å². The fraction of sp³-hybridized carbons (Fsp3) is 0.188. The fourth-order valence-electron chi connectivity index (χ4n) is 1.82. The first kappa shape index (κ1) is 16.7. The van der Waals surface area contributed by atoms with Crippen molar-refractivity contribution in [3.63, 3.8) is 0 Å². The summed E-state index contributed by atoms with van der Waals surface area (Å²) in [6.07, 6.45) is 1.76. The van der Waals surface area contributed by atoms with Crippen molar-refractivity contribution >= 4 is 23.0 Å². The Hall–Kier alpha value is -2.67. The van der Waals surface area contributed by atoms with E-state index in [1.807, 2.05) is 11.4 Å². The molecule has 1 aromatic heterocycles. The molecule has 0 bridgehead atoms. The molecule has 0 radical (unpaired) electrons. The van der Waals surface area contributed by atoms with Gasteiger partial charge in [-0.3, -0.25) is 10.1 Å². The molecule has 0 spiro atoms. The number of guanidine groups is 1. The Bertz CT molecular complexity index is 666. The van der Waals surface area contributed by atoms with Crippen LogP contribution in [0.5, 0.6) is 0 Å². The Morgan fingerprint density at radius 3 is 2.70 bits per heavy atom. The van der Waals surface area contributed by atoms with E-state index >= 15 is 0 Å². The number of rotatable bonds is 7.